The molecular formula is C19H31N5O3. The minimum atomic E-state index is -0.255. The molecule has 8 nitrogen and oxygen atoms in total. The second-order valence-electron chi connectivity index (χ2n) is 7.67. The Labute approximate surface area is 160 Å². The van der Waals surface area contributed by atoms with Crippen molar-refractivity contribution in [2.24, 2.45) is 5.92 Å². The molecule has 2 amide bonds. The van der Waals surface area contributed by atoms with Crippen molar-refractivity contribution in [2.45, 2.75) is 64.0 Å². The summed E-state index contributed by atoms with van der Waals surface area (Å²) in [7, 11) is 1.59. The van der Waals surface area contributed by atoms with E-state index < -0.39 is 0 Å². The minimum absolute atomic E-state index is 0.146. The molecule has 0 aromatic carbocycles. The van der Waals surface area contributed by atoms with Crippen molar-refractivity contribution in [3.8, 4) is 0 Å². The molecule has 1 atom stereocenters. The van der Waals surface area contributed by atoms with E-state index in [4.69, 9.17) is 4.74 Å². The van der Waals surface area contributed by atoms with Gasteiger partial charge in [0.15, 0.2) is 5.69 Å². The van der Waals surface area contributed by atoms with E-state index in [1.807, 2.05) is 4.90 Å². The number of aromatic nitrogens is 3. The standard InChI is InChI=1S/C19H31N5O3/c1-27-11-9-20-19(26)17-14-23(22-21-17)13-16-8-5-10-24(16)18(25)12-15-6-3-2-4-7-15/h14-16H,2-13H2,1H3,(H,20,26)/t16-/m0/s1. The van der Waals surface area contributed by atoms with Gasteiger partial charge in [0.2, 0.25) is 5.91 Å². The van der Waals surface area contributed by atoms with Gasteiger partial charge in [-0.3, -0.25) is 9.59 Å². The number of likely N-dealkylation sites (tertiary alicyclic amines) is 1. The Bertz CT molecular complexity index is 627. The molecular weight excluding hydrogens is 346 g/mol. The third-order valence-corrected chi connectivity index (χ3v) is 5.65. The van der Waals surface area contributed by atoms with E-state index in [2.05, 4.69) is 15.6 Å². The van der Waals surface area contributed by atoms with Crippen LogP contribution in [-0.2, 0) is 16.1 Å². The summed E-state index contributed by atoms with van der Waals surface area (Å²) in [6.45, 7) is 2.32. The number of methoxy groups -OCH3 is 1. The lowest BCUT2D eigenvalue weighted by Gasteiger charge is -2.28. The molecule has 1 aliphatic heterocycles. The Morgan fingerprint density at radius 1 is 1.22 bits per heavy atom. The molecule has 1 saturated carbocycles. The van der Waals surface area contributed by atoms with Crippen molar-refractivity contribution in [3.05, 3.63) is 11.9 Å². The number of amides is 2. The number of carbonyl (C=O) groups is 2. The fourth-order valence-electron chi connectivity index (χ4n) is 4.17. The molecule has 0 radical (unpaired) electrons. The van der Waals surface area contributed by atoms with E-state index in [9.17, 15) is 9.59 Å². The van der Waals surface area contributed by atoms with Crippen LogP contribution in [0.5, 0.6) is 0 Å². The van der Waals surface area contributed by atoms with Crippen molar-refractivity contribution in [2.75, 3.05) is 26.8 Å². The minimum Gasteiger partial charge on any atom is -0.383 e. The molecule has 8 heteroatoms. The zero-order chi connectivity index (χ0) is 19.1. The maximum absolute atomic E-state index is 12.8. The highest BCUT2D eigenvalue weighted by molar-refractivity contribution is 5.91. The molecule has 150 valence electrons. The molecule has 1 aromatic rings. The second-order valence-corrected chi connectivity index (χ2v) is 7.67. The van der Waals surface area contributed by atoms with Gasteiger partial charge in [-0.1, -0.05) is 24.5 Å². The molecule has 3 rings (SSSR count). The second kappa shape index (κ2) is 9.82. The Balaban J connectivity index is 1.51. The van der Waals surface area contributed by atoms with Gasteiger partial charge in [0, 0.05) is 26.6 Å². The fourth-order valence-corrected chi connectivity index (χ4v) is 4.17. The van der Waals surface area contributed by atoms with Crippen LogP contribution in [-0.4, -0.2) is 64.6 Å². The Morgan fingerprint density at radius 2 is 2.04 bits per heavy atom. The van der Waals surface area contributed by atoms with Crippen LogP contribution in [0.2, 0.25) is 0 Å². The van der Waals surface area contributed by atoms with Crippen molar-refractivity contribution in [1.82, 2.24) is 25.2 Å². The van der Waals surface area contributed by atoms with Crippen molar-refractivity contribution in [1.29, 1.82) is 0 Å². The van der Waals surface area contributed by atoms with Gasteiger partial charge < -0.3 is 15.0 Å². The average molecular weight is 377 g/mol. The van der Waals surface area contributed by atoms with Gasteiger partial charge in [-0.15, -0.1) is 5.10 Å². The highest BCUT2D eigenvalue weighted by Gasteiger charge is 2.31. The van der Waals surface area contributed by atoms with Gasteiger partial charge in [0.05, 0.1) is 25.4 Å². The molecule has 2 aliphatic rings. The van der Waals surface area contributed by atoms with E-state index in [1.165, 1.54) is 32.1 Å². The summed E-state index contributed by atoms with van der Waals surface area (Å²) < 4.78 is 6.60. The van der Waals surface area contributed by atoms with Crippen LogP contribution in [0.25, 0.3) is 0 Å². The number of ether oxygens (including phenoxy) is 1. The Hall–Kier alpha value is -1.96. The molecule has 1 saturated heterocycles. The van der Waals surface area contributed by atoms with E-state index in [-0.39, 0.29) is 17.9 Å². The van der Waals surface area contributed by atoms with Crippen LogP contribution in [0, 0.1) is 5.92 Å². The Kier molecular flexibility index (Phi) is 7.20. The molecule has 0 spiro atoms. The smallest absolute Gasteiger partial charge is 0.273 e. The van der Waals surface area contributed by atoms with Crippen LogP contribution in [0.15, 0.2) is 6.20 Å². The first-order valence-electron chi connectivity index (χ1n) is 10.1. The number of hydrogen-bond acceptors (Lipinski definition) is 5. The first-order chi connectivity index (χ1) is 13.2. The summed E-state index contributed by atoms with van der Waals surface area (Å²) in [5.74, 6) is 0.582. The van der Waals surface area contributed by atoms with Gasteiger partial charge >= 0.3 is 0 Å². The largest absolute Gasteiger partial charge is 0.383 e. The molecule has 0 unspecified atom stereocenters. The number of carbonyl (C=O) groups excluding carboxylic acids is 2. The highest BCUT2D eigenvalue weighted by Crippen LogP contribution is 2.28. The third kappa shape index (κ3) is 5.51. The van der Waals surface area contributed by atoms with Crippen molar-refractivity contribution >= 4 is 11.8 Å². The summed E-state index contributed by atoms with van der Waals surface area (Å²) in [5.41, 5.74) is 0.296. The SMILES string of the molecule is COCCNC(=O)c1cn(C[C@@H]2CCCN2C(=O)CC2CCCCC2)nn1. The number of nitrogens with one attached hydrogen (secondary N) is 1. The lowest BCUT2D eigenvalue weighted by Crippen LogP contribution is -2.39. The van der Waals surface area contributed by atoms with E-state index in [0.717, 1.165) is 19.4 Å². The average Bonchev–Trinajstić information content (AvgIpc) is 3.33. The molecule has 27 heavy (non-hydrogen) atoms. The van der Waals surface area contributed by atoms with E-state index in [1.54, 1.807) is 18.0 Å². The van der Waals surface area contributed by atoms with Gasteiger partial charge in [-0.05, 0) is 31.6 Å². The van der Waals surface area contributed by atoms with E-state index in [0.29, 0.717) is 37.7 Å². The molecule has 2 fully saturated rings. The maximum atomic E-state index is 12.8. The normalized spacial score (nSPS) is 20.8. The quantitative estimate of drug-likeness (QED) is 0.695. The number of rotatable bonds is 8. The van der Waals surface area contributed by atoms with Gasteiger partial charge in [0.1, 0.15) is 0 Å². The van der Waals surface area contributed by atoms with Crippen molar-refractivity contribution < 1.29 is 14.3 Å². The lowest BCUT2D eigenvalue weighted by molar-refractivity contribution is -0.133. The zero-order valence-electron chi connectivity index (χ0n) is 16.2. The monoisotopic (exact) mass is 377 g/mol. The fraction of sp³-hybridized carbons (Fsp3) is 0.789. The summed E-state index contributed by atoms with van der Waals surface area (Å²) >= 11 is 0. The highest BCUT2D eigenvalue weighted by atomic mass is 16.5. The molecule has 1 N–H and O–H groups in total. The van der Waals surface area contributed by atoms with Crippen LogP contribution < -0.4 is 5.32 Å². The van der Waals surface area contributed by atoms with Crippen LogP contribution >= 0.6 is 0 Å². The van der Waals surface area contributed by atoms with Gasteiger partial charge in [0.25, 0.3) is 5.91 Å². The lowest BCUT2D eigenvalue weighted by atomic mass is 9.86. The first-order valence-corrected chi connectivity index (χ1v) is 10.1. The predicted molar refractivity (Wildman–Crippen MR) is 100 cm³/mol. The van der Waals surface area contributed by atoms with Crippen LogP contribution in [0.4, 0.5) is 0 Å². The van der Waals surface area contributed by atoms with E-state index >= 15 is 0 Å². The zero-order valence-corrected chi connectivity index (χ0v) is 16.2. The molecule has 2 heterocycles. The molecule has 1 aromatic heterocycles. The third-order valence-electron chi connectivity index (χ3n) is 5.65. The van der Waals surface area contributed by atoms with Crippen LogP contribution in [0.1, 0.15) is 61.9 Å². The summed E-state index contributed by atoms with van der Waals surface area (Å²) in [6, 6.07) is 0.146. The number of hydrogen-bond donors (Lipinski definition) is 1. The van der Waals surface area contributed by atoms with Gasteiger partial charge in [-0.25, -0.2) is 4.68 Å². The summed E-state index contributed by atoms with van der Waals surface area (Å²) in [4.78, 5) is 26.8. The number of nitrogens with zero attached hydrogens (tertiary/aromatic N) is 4. The van der Waals surface area contributed by atoms with Crippen molar-refractivity contribution in [3.63, 3.8) is 0 Å². The van der Waals surface area contributed by atoms with Gasteiger partial charge in [-0.2, -0.15) is 0 Å². The summed E-state index contributed by atoms with van der Waals surface area (Å²) in [6.07, 6.45) is 10.6. The first kappa shape index (κ1) is 19.8. The molecule has 0 bridgehead atoms. The predicted octanol–water partition coefficient (Wildman–Crippen LogP) is 1.62. The summed E-state index contributed by atoms with van der Waals surface area (Å²) in [5, 5.41) is 10.8. The topological polar surface area (TPSA) is 89.4 Å². The molecule has 1 aliphatic carbocycles. The maximum Gasteiger partial charge on any atom is 0.273 e. The van der Waals surface area contributed by atoms with Crippen LogP contribution in [0.3, 0.4) is 0 Å². The Morgan fingerprint density at radius 3 is 2.81 bits per heavy atom.